The van der Waals surface area contributed by atoms with Gasteiger partial charge in [0.2, 0.25) is 0 Å². The normalized spacial score (nSPS) is 20.9. The molecule has 0 saturated carbocycles. The smallest absolute Gasteiger partial charge is 0.199 e. The molecule has 0 bridgehead atoms. The lowest BCUT2D eigenvalue weighted by atomic mass is 9.94. The number of aromatic nitrogens is 1. The Morgan fingerprint density at radius 2 is 1.93 bits per heavy atom. The molecule has 0 spiro atoms. The second-order valence-corrected chi connectivity index (χ2v) is 3.16. The summed E-state index contributed by atoms with van der Waals surface area (Å²) in [5.41, 5.74) is 0.684. The topological polar surface area (TPSA) is 70.4 Å². The summed E-state index contributed by atoms with van der Waals surface area (Å²) in [4.78, 5) is 15.4. The average molecular weight is 203 g/mol. The van der Waals surface area contributed by atoms with Crippen LogP contribution < -0.4 is 0 Å². The molecule has 0 radical (unpaired) electrons. The third-order valence-electron chi connectivity index (χ3n) is 2.18. The largest absolute Gasteiger partial charge is 0.507 e. The van der Waals surface area contributed by atoms with Gasteiger partial charge >= 0.3 is 0 Å². The number of ketones is 1. The first-order valence-corrected chi connectivity index (χ1v) is 4.44. The molecule has 1 atom stereocenters. The third kappa shape index (κ3) is 1.67. The number of aliphatic hydroxyl groups is 2. The highest BCUT2D eigenvalue weighted by Crippen LogP contribution is 2.23. The lowest BCUT2D eigenvalue weighted by Gasteiger charge is -2.14. The summed E-state index contributed by atoms with van der Waals surface area (Å²) in [6, 6.07) is 3.21. The Morgan fingerprint density at radius 3 is 2.60 bits per heavy atom. The first kappa shape index (κ1) is 9.61. The number of aliphatic hydroxyl groups excluding tert-OH is 2. The molecular weight excluding hydrogens is 194 g/mol. The van der Waals surface area contributed by atoms with Crippen LogP contribution in [0.15, 0.2) is 42.4 Å². The van der Waals surface area contributed by atoms with Crippen molar-refractivity contribution < 1.29 is 15.0 Å². The number of allylic oxidation sites excluding steroid dienone is 1. The minimum atomic E-state index is -1.18. The number of carbonyl (C=O) groups excluding carboxylic acids is 1. The quantitative estimate of drug-likeness (QED) is 0.709. The molecular formula is C11H9NO3. The molecule has 4 heteroatoms. The fourth-order valence-electron chi connectivity index (χ4n) is 1.44. The predicted molar refractivity (Wildman–Crippen MR) is 53.9 cm³/mol. The highest BCUT2D eigenvalue weighted by Gasteiger charge is 2.25. The van der Waals surface area contributed by atoms with Crippen molar-refractivity contribution in [2.45, 2.75) is 6.10 Å². The molecule has 1 aliphatic rings. The Hall–Kier alpha value is -1.94. The Morgan fingerprint density at radius 1 is 1.27 bits per heavy atom. The van der Waals surface area contributed by atoms with Gasteiger partial charge in [-0.25, -0.2) is 0 Å². The minimum absolute atomic E-state index is 0.128. The Bertz CT molecular complexity index is 448. The average Bonchev–Trinajstić information content (AvgIpc) is 2.26. The summed E-state index contributed by atoms with van der Waals surface area (Å²) in [5.74, 6) is -0.627. The summed E-state index contributed by atoms with van der Waals surface area (Å²) in [6.45, 7) is 0. The van der Waals surface area contributed by atoms with Crippen molar-refractivity contribution in [1.29, 1.82) is 0 Å². The fraction of sp³-hybridized carbons (Fsp3) is 0.0909. The summed E-state index contributed by atoms with van der Waals surface area (Å²) in [6.07, 6.45) is 4.44. The fourth-order valence-corrected chi connectivity index (χ4v) is 1.44. The van der Waals surface area contributed by atoms with Crippen LogP contribution in [0.2, 0.25) is 0 Å². The van der Waals surface area contributed by atoms with Crippen LogP contribution in [0, 0.1) is 0 Å². The number of pyridine rings is 1. The number of nitrogens with zero attached hydrogens (tertiary/aromatic N) is 1. The van der Waals surface area contributed by atoms with E-state index in [2.05, 4.69) is 4.98 Å². The molecule has 1 aromatic heterocycles. The zero-order chi connectivity index (χ0) is 10.8. The van der Waals surface area contributed by atoms with E-state index in [1.807, 2.05) is 0 Å². The Balaban J connectivity index is 2.52. The summed E-state index contributed by atoms with van der Waals surface area (Å²) in [7, 11) is 0. The number of Topliss-reactive ketones (excluding diaryl/α,β-unsaturated/α-hetero) is 1. The van der Waals surface area contributed by atoms with Gasteiger partial charge in [-0.1, -0.05) is 0 Å². The number of hydrogen-bond donors (Lipinski definition) is 2. The number of carbonyl (C=O) groups is 1. The molecule has 4 nitrogen and oxygen atoms in total. The first-order valence-electron chi connectivity index (χ1n) is 4.44. The van der Waals surface area contributed by atoms with Crippen molar-refractivity contribution >= 4 is 11.4 Å². The van der Waals surface area contributed by atoms with Crippen molar-refractivity contribution in [2.75, 3.05) is 0 Å². The van der Waals surface area contributed by atoms with Crippen LogP contribution in [0.1, 0.15) is 5.56 Å². The van der Waals surface area contributed by atoms with Gasteiger partial charge in [0.05, 0.1) is 5.57 Å². The molecule has 1 aliphatic carbocycles. The van der Waals surface area contributed by atoms with Gasteiger partial charge in [-0.15, -0.1) is 0 Å². The van der Waals surface area contributed by atoms with E-state index >= 15 is 0 Å². The monoisotopic (exact) mass is 203 g/mol. The van der Waals surface area contributed by atoms with Gasteiger partial charge in [0.1, 0.15) is 11.9 Å². The van der Waals surface area contributed by atoms with Crippen LogP contribution in [0.5, 0.6) is 0 Å². The maximum atomic E-state index is 11.6. The second kappa shape index (κ2) is 3.67. The third-order valence-corrected chi connectivity index (χ3v) is 2.18. The molecule has 1 unspecified atom stereocenters. The highest BCUT2D eigenvalue weighted by atomic mass is 16.3. The van der Waals surface area contributed by atoms with Crippen molar-refractivity contribution in [3.8, 4) is 0 Å². The van der Waals surface area contributed by atoms with Gasteiger partial charge < -0.3 is 10.2 Å². The zero-order valence-corrected chi connectivity index (χ0v) is 7.79. The van der Waals surface area contributed by atoms with Gasteiger partial charge in [-0.3, -0.25) is 9.78 Å². The lowest BCUT2D eigenvalue weighted by Crippen LogP contribution is -2.23. The molecule has 15 heavy (non-hydrogen) atoms. The predicted octanol–water partition coefficient (Wildman–Crippen LogP) is 0.850. The van der Waals surface area contributed by atoms with Crippen molar-refractivity contribution in [3.63, 3.8) is 0 Å². The van der Waals surface area contributed by atoms with E-state index in [1.165, 1.54) is 24.5 Å². The van der Waals surface area contributed by atoms with Crippen LogP contribution in [0.4, 0.5) is 0 Å². The number of rotatable bonds is 1. The minimum Gasteiger partial charge on any atom is -0.507 e. The van der Waals surface area contributed by atoms with E-state index in [4.69, 9.17) is 0 Å². The molecule has 0 fully saturated rings. The van der Waals surface area contributed by atoms with Gasteiger partial charge in [0.15, 0.2) is 5.78 Å². The molecule has 0 amide bonds. The summed E-state index contributed by atoms with van der Waals surface area (Å²) >= 11 is 0. The van der Waals surface area contributed by atoms with Crippen LogP contribution >= 0.6 is 0 Å². The molecule has 1 heterocycles. The molecule has 76 valence electrons. The maximum absolute atomic E-state index is 11.6. The molecule has 0 aromatic carbocycles. The van der Waals surface area contributed by atoms with E-state index in [9.17, 15) is 15.0 Å². The van der Waals surface area contributed by atoms with Crippen molar-refractivity contribution in [2.24, 2.45) is 0 Å². The van der Waals surface area contributed by atoms with Crippen LogP contribution in [0.3, 0.4) is 0 Å². The molecule has 1 aromatic rings. The van der Waals surface area contributed by atoms with Crippen molar-refractivity contribution in [1.82, 2.24) is 4.98 Å². The van der Waals surface area contributed by atoms with E-state index in [1.54, 1.807) is 12.1 Å². The Labute approximate surface area is 86.2 Å². The maximum Gasteiger partial charge on any atom is 0.199 e. The van der Waals surface area contributed by atoms with Gasteiger partial charge in [-0.05, 0) is 29.8 Å². The molecule has 0 saturated heterocycles. The van der Waals surface area contributed by atoms with E-state index in [0.717, 1.165) is 0 Å². The standard InChI is InChI=1S/C11H9NO3/c13-8-1-2-9(14)11(15)10(8)7-3-5-12-6-4-7/h1-6,9,13-14H. The van der Waals surface area contributed by atoms with E-state index in [-0.39, 0.29) is 11.3 Å². The van der Waals surface area contributed by atoms with E-state index < -0.39 is 11.9 Å². The summed E-state index contributed by atoms with van der Waals surface area (Å²) in [5, 5.41) is 18.9. The zero-order valence-electron chi connectivity index (χ0n) is 7.79. The Kier molecular flexibility index (Phi) is 2.35. The first-order chi connectivity index (χ1) is 7.20. The number of hydrogen-bond acceptors (Lipinski definition) is 4. The van der Waals surface area contributed by atoms with Crippen LogP contribution in [-0.4, -0.2) is 27.1 Å². The summed E-state index contributed by atoms with van der Waals surface area (Å²) < 4.78 is 0. The van der Waals surface area contributed by atoms with Crippen LogP contribution in [0.25, 0.3) is 5.57 Å². The van der Waals surface area contributed by atoms with E-state index in [0.29, 0.717) is 5.56 Å². The van der Waals surface area contributed by atoms with Crippen LogP contribution in [-0.2, 0) is 4.79 Å². The van der Waals surface area contributed by atoms with Gasteiger partial charge in [0.25, 0.3) is 0 Å². The molecule has 2 N–H and O–H groups in total. The lowest BCUT2D eigenvalue weighted by molar-refractivity contribution is -0.119. The highest BCUT2D eigenvalue weighted by molar-refractivity contribution is 6.25. The molecule has 2 rings (SSSR count). The van der Waals surface area contributed by atoms with Crippen molar-refractivity contribution in [3.05, 3.63) is 48.0 Å². The SMILES string of the molecule is O=C1C(c2ccncc2)=C(O)C=CC1O. The van der Waals surface area contributed by atoms with Gasteiger partial charge in [0, 0.05) is 12.4 Å². The second-order valence-electron chi connectivity index (χ2n) is 3.16. The molecule has 0 aliphatic heterocycles. The van der Waals surface area contributed by atoms with Gasteiger partial charge in [-0.2, -0.15) is 0 Å².